The average Bonchev–Trinajstić information content (AvgIpc) is 3.56. The molecule has 4 aromatic rings. The number of aromatic amines is 1. The van der Waals surface area contributed by atoms with Gasteiger partial charge in [0.15, 0.2) is 0 Å². The first-order valence-corrected chi connectivity index (χ1v) is 10.7. The van der Waals surface area contributed by atoms with Crippen LogP contribution in [0.5, 0.6) is 5.75 Å². The molecule has 1 fully saturated rings. The molecule has 0 spiro atoms. The number of aromatic nitrogens is 1. The summed E-state index contributed by atoms with van der Waals surface area (Å²) in [7, 11) is 0. The van der Waals surface area contributed by atoms with E-state index >= 15 is 0 Å². The van der Waals surface area contributed by atoms with E-state index in [0.29, 0.717) is 17.9 Å². The van der Waals surface area contributed by atoms with E-state index in [1.165, 1.54) is 11.2 Å². The summed E-state index contributed by atoms with van der Waals surface area (Å²) in [6.45, 7) is 2.64. The van der Waals surface area contributed by atoms with Gasteiger partial charge in [0.1, 0.15) is 23.3 Å². The summed E-state index contributed by atoms with van der Waals surface area (Å²) in [5.74, 6) is -0.537. The first-order valence-electron chi connectivity index (χ1n) is 10.7. The topological polar surface area (TPSA) is 95.8 Å². The molecular weight excluding hydrogens is 420 g/mol. The van der Waals surface area contributed by atoms with Crippen molar-refractivity contribution >= 4 is 28.4 Å². The lowest BCUT2D eigenvalue weighted by Crippen LogP contribution is -2.29. The van der Waals surface area contributed by atoms with Gasteiger partial charge in [-0.05, 0) is 42.8 Å². The molecule has 5 rings (SSSR count). The highest BCUT2D eigenvalue weighted by Gasteiger charge is 2.47. The van der Waals surface area contributed by atoms with Crippen molar-refractivity contribution in [3.8, 4) is 5.75 Å². The SMILES string of the molecule is CCOc1ccc(CN2C(=O)C(=O)/C(=C(\O)c3c[nH]c4ccccc34)C2c2ccco2)cc1. The number of Topliss-reactive ketones (excluding diaryl/α,β-unsaturated/α-hetero) is 1. The van der Waals surface area contributed by atoms with Crippen molar-refractivity contribution in [2.24, 2.45) is 0 Å². The first-order chi connectivity index (χ1) is 16.1. The molecule has 0 saturated carbocycles. The summed E-state index contributed by atoms with van der Waals surface area (Å²) in [6.07, 6.45) is 3.12. The zero-order valence-corrected chi connectivity index (χ0v) is 17.9. The van der Waals surface area contributed by atoms with Gasteiger partial charge in [-0.2, -0.15) is 0 Å². The number of carbonyl (C=O) groups is 2. The molecule has 7 nitrogen and oxygen atoms in total. The number of aliphatic hydroxyl groups is 1. The van der Waals surface area contributed by atoms with Crippen LogP contribution in [0.25, 0.3) is 16.7 Å². The monoisotopic (exact) mass is 442 g/mol. The number of ether oxygens (including phenoxy) is 1. The Labute approximate surface area is 189 Å². The Hall–Kier alpha value is -4.26. The Balaban J connectivity index is 1.59. The third-order valence-corrected chi connectivity index (χ3v) is 5.78. The van der Waals surface area contributed by atoms with E-state index in [1.54, 1.807) is 18.3 Å². The van der Waals surface area contributed by atoms with E-state index in [-0.39, 0.29) is 17.9 Å². The van der Waals surface area contributed by atoms with Gasteiger partial charge in [0.05, 0.1) is 18.4 Å². The second-order valence-corrected chi connectivity index (χ2v) is 7.77. The second-order valence-electron chi connectivity index (χ2n) is 7.77. The average molecular weight is 442 g/mol. The molecule has 2 aromatic heterocycles. The van der Waals surface area contributed by atoms with Gasteiger partial charge in [-0.3, -0.25) is 9.59 Å². The third kappa shape index (κ3) is 3.57. The number of benzene rings is 2. The zero-order chi connectivity index (χ0) is 22.9. The predicted octanol–water partition coefficient (Wildman–Crippen LogP) is 4.78. The van der Waals surface area contributed by atoms with Gasteiger partial charge >= 0.3 is 0 Å². The number of amides is 1. The maximum absolute atomic E-state index is 13.1. The van der Waals surface area contributed by atoms with Crippen molar-refractivity contribution in [3.05, 3.63) is 95.6 Å². The Morgan fingerprint density at radius 2 is 1.88 bits per heavy atom. The van der Waals surface area contributed by atoms with Crippen LogP contribution in [0.2, 0.25) is 0 Å². The fourth-order valence-electron chi connectivity index (χ4n) is 4.25. The van der Waals surface area contributed by atoms with E-state index in [2.05, 4.69) is 4.98 Å². The normalized spacial score (nSPS) is 17.7. The Kier molecular flexibility index (Phi) is 5.22. The summed E-state index contributed by atoms with van der Waals surface area (Å²) < 4.78 is 11.1. The van der Waals surface area contributed by atoms with Crippen molar-refractivity contribution in [2.45, 2.75) is 19.5 Å². The van der Waals surface area contributed by atoms with Crippen molar-refractivity contribution in [1.82, 2.24) is 9.88 Å². The van der Waals surface area contributed by atoms with Crippen molar-refractivity contribution < 1.29 is 23.8 Å². The van der Waals surface area contributed by atoms with E-state index in [0.717, 1.165) is 22.2 Å². The maximum atomic E-state index is 13.1. The molecule has 1 aliphatic rings. The van der Waals surface area contributed by atoms with E-state index in [4.69, 9.17) is 9.15 Å². The van der Waals surface area contributed by atoms with Crippen molar-refractivity contribution in [3.63, 3.8) is 0 Å². The number of aliphatic hydroxyl groups excluding tert-OH is 1. The van der Waals surface area contributed by atoms with Crippen LogP contribution >= 0.6 is 0 Å². The smallest absolute Gasteiger partial charge is 0.296 e. The summed E-state index contributed by atoms with van der Waals surface area (Å²) >= 11 is 0. The fraction of sp³-hybridized carbons (Fsp3) is 0.154. The van der Waals surface area contributed by atoms with Gasteiger partial charge in [-0.15, -0.1) is 0 Å². The molecule has 0 aliphatic carbocycles. The van der Waals surface area contributed by atoms with Crippen LogP contribution in [-0.4, -0.2) is 33.3 Å². The highest BCUT2D eigenvalue weighted by Crippen LogP contribution is 2.41. The van der Waals surface area contributed by atoms with E-state index < -0.39 is 17.7 Å². The molecule has 1 aliphatic heterocycles. The summed E-state index contributed by atoms with van der Waals surface area (Å²) in [5.41, 5.74) is 2.10. The number of H-pyrrole nitrogens is 1. The molecule has 2 N–H and O–H groups in total. The van der Waals surface area contributed by atoms with Gasteiger partial charge < -0.3 is 24.1 Å². The largest absolute Gasteiger partial charge is 0.507 e. The summed E-state index contributed by atoms with van der Waals surface area (Å²) in [6, 6.07) is 17.3. The molecular formula is C26H22N2O5. The molecule has 3 heterocycles. The minimum absolute atomic E-state index is 0.00522. The van der Waals surface area contributed by atoms with Gasteiger partial charge in [0.2, 0.25) is 0 Å². The van der Waals surface area contributed by atoms with Crippen LogP contribution < -0.4 is 4.74 Å². The summed E-state index contributed by atoms with van der Waals surface area (Å²) in [5, 5.41) is 12.0. The molecule has 1 atom stereocenters. The molecule has 33 heavy (non-hydrogen) atoms. The molecule has 1 saturated heterocycles. The number of carbonyl (C=O) groups excluding carboxylic acids is 2. The Bertz CT molecular complexity index is 1350. The fourth-order valence-corrected chi connectivity index (χ4v) is 4.25. The Morgan fingerprint density at radius 3 is 2.61 bits per heavy atom. The van der Waals surface area contributed by atoms with Crippen molar-refractivity contribution in [1.29, 1.82) is 0 Å². The number of rotatable bonds is 6. The molecule has 166 valence electrons. The van der Waals surface area contributed by atoms with Crippen LogP contribution in [0.1, 0.15) is 29.9 Å². The number of nitrogens with one attached hydrogen (secondary N) is 1. The van der Waals surface area contributed by atoms with Crippen LogP contribution in [0, 0.1) is 0 Å². The van der Waals surface area contributed by atoms with Crippen LogP contribution in [0.4, 0.5) is 0 Å². The molecule has 2 aromatic carbocycles. The zero-order valence-electron chi connectivity index (χ0n) is 17.9. The number of ketones is 1. The van der Waals surface area contributed by atoms with Crippen molar-refractivity contribution in [2.75, 3.05) is 6.61 Å². The molecule has 7 heteroatoms. The second kappa shape index (κ2) is 8.35. The van der Waals surface area contributed by atoms with Crippen LogP contribution in [0.15, 0.2) is 83.1 Å². The highest BCUT2D eigenvalue weighted by atomic mass is 16.5. The lowest BCUT2D eigenvalue weighted by Gasteiger charge is -2.23. The highest BCUT2D eigenvalue weighted by molar-refractivity contribution is 6.46. The van der Waals surface area contributed by atoms with E-state index in [9.17, 15) is 14.7 Å². The quantitative estimate of drug-likeness (QED) is 0.255. The summed E-state index contributed by atoms with van der Waals surface area (Å²) in [4.78, 5) is 30.8. The molecule has 0 radical (unpaired) electrons. The predicted molar refractivity (Wildman–Crippen MR) is 122 cm³/mol. The number of furan rings is 1. The number of nitrogens with zero attached hydrogens (tertiary/aromatic N) is 1. The molecule has 1 amide bonds. The van der Waals surface area contributed by atoms with Gasteiger partial charge in [-0.1, -0.05) is 30.3 Å². The minimum atomic E-state index is -0.847. The molecule has 1 unspecified atom stereocenters. The van der Waals surface area contributed by atoms with Crippen LogP contribution in [0.3, 0.4) is 0 Å². The Morgan fingerprint density at radius 1 is 1.09 bits per heavy atom. The van der Waals surface area contributed by atoms with Crippen LogP contribution in [-0.2, 0) is 16.1 Å². The maximum Gasteiger partial charge on any atom is 0.296 e. The standard InChI is InChI=1S/C26H22N2O5/c1-2-32-17-11-9-16(10-12-17)15-28-23(21-8-5-13-33-21)22(25(30)26(28)31)24(29)19-14-27-20-7-4-3-6-18(19)20/h3-14,23,27,29H,2,15H2,1H3/b24-22-. The van der Waals surface area contributed by atoms with Gasteiger partial charge in [0, 0.05) is 29.2 Å². The van der Waals surface area contributed by atoms with Gasteiger partial charge in [0.25, 0.3) is 11.7 Å². The molecule has 0 bridgehead atoms. The number of hydrogen-bond donors (Lipinski definition) is 2. The minimum Gasteiger partial charge on any atom is -0.507 e. The number of hydrogen-bond acceptors (Lipinski definition) is 5. The first kappa shape index (κ1) is 20.6. The number of para-hydroxylation sites is 1. The number of fused-ring (bicyclic) bond motifs is 1. The van der Waals surface area contributed by atoms with E-state index in [1.807, 2.05) is 55.5 Å². The third-order valence-electron chi connectivity index (χ3n) is 5.78. The number of likely N-dealkylation sites (tertiary alicyclic amines) is 1. The lowest BCUT2D eigenvalue weighted by atomic mass is 9.99. The lowest BCUT2D eigenvalue weighted by molar-refractivity contribution is -0.140. The van der Waals surface area contributed by atoms with Gasteiger partial charge in [-0.25, -0.2) is 0 Å².